The molecular weight excluding hydrogens is 204 g/mol. The molecule has 0 saturated carbocycles. The van der Waals surface area contributed by atoms with E-state index in [9.17, 15) is 0 Å². The first-order valence-corrected chi connectivity index (χ1v) is 5.86. The Kier molecular flexibility index (Phi) is 3.48. The van der Waals surface area contributed by atoms with Crippen LogP contribution >= 0.6 is 11.3 Å². The third-order valence-corrected chi connectivity index (χ3v) is 3.02. The monoisotopic (exact) mass is 218 g/mol. The number of thiophene rings is 1. The van der Waals surface area contributed by atoms with E-state index < -0.39 is 0 Å². The highest BCUT2D eigenvalue weighted by Gasteiger charge is 1.95. The van der Waals surface area contributed by atoms with E-state index in [1.54, 1.807) is 11.3 Å². The number of nitrogens with zero attached hydrogens (tertiary/aromatic N) is 1. The standard InChI is InChI=1S/C12H14N2S/c1-10-5-11(7-13-6-10)8-14-9-12-3-2-4-15-12/h2-7,14H,8-9H2,1H3. The fourth-order valence-electron chi connectivity index (χ4n) is 1.46. The van der Waals surface area contributed by atoms with E-state index in [-0.39, 0.29) is 0 Å². The Morgan fingerprint density at radius 1 is 1.33 bits per heavy atom. The van der Waals surface area contributed by atoms with Crippen molar-refractivity contribution in [1.82, 2.24) is 10.3 Å². The average molecular weight is 218 g/mol. The van der Waals surface area contributed by atoms with E-state index in [1.165, 1.54) is 16.0 Å². The van der Waals surface area contributed by atoms with Gasteiger partial charge in [0.15, 0.2) is 0 Å². The summed E-state index contributed by atoms with van der Waals surface area (Å²) in [5.74, 6) is 0. The lowest BCUT2D eigenvalue weighted by molar-refractivity contribution is 0.698. The SMILES string of the molecule is Cc1cncc(CNCc2cccs2)c1. The van der Waals surface area contributed by atoms with Crippen molar-refractivity contribution < 1.29 is 0 Å². The smallest absolute Gasteiger partial charge is 0.0313 e. The number of pyridine rings is 1. The fourth-order valence-corrected chi connectivity index (χ4v) is 2.13. The summed E-state index contributed by atoms with van der Waals surface area (Å²) in [5.41, 5.74) is 2.46. The Labute approximate surface area is 94.0 Å². The molecule has 15 heavy (non-hydrogen) atoms. The first-order chi connectivity index (χ1) is 7.34. The molecule has 0 aliphatic rings. The van der Waals surface area contributed by atoms with E-state index in [4.69, 9.17) is 0 Å². The Hall–Kier alpha value is -1.19. The maximum Gasteiger partial charge on any atom is 0.0313 e. The Bertz CT molecular complexity index is 409. The van der Waals surface area contributed by atoms with Crippen LogP contribution in [0.15, 0.2) is 36.0 Å². The van der Waals surface area contributed by atoms with Crippen LogP contribution < -0.4 is 5.32 Å². The minimum Gasteiger partial charge on any atom is -0.308 e. The highest BCUT2D eigenvalue weighted by molar-refractivity contribution is 7.09. The van der Waals surface area contributed by atoms with Crippen LogP contribution in [0.3, 0.4) is 0 Å². The molecule has 0 amide bonds. The fraction of sp³-hybridized carbons (Fsp3) is 0.250. The Morgan fingerprint density at radius 2 is 2.27 bits per heavy atom. The van der Waals surface area contributed by atoms with E-state index in [2.05, 4.69) is 40.8 Å². The number of rotatable bonds is 4. The molecule has 0 aromatic carbocycles. The van der Waals surface area contributed by atoms with E-state index in [0.29, 0.717) is 0 Å². The second-order valence-corrected chi connectivity index (χ2v) is 4.59. The number of hydrogen-bond donors (Lipinski definition) is 1. The van der Waals surface area contributed by atoms with E-state index in [0.717, 1.165) is 13.1 Å². The third-order valence-electron chi connectivity index (χ3n) is 2.14. The minimum atomic E-state index is 0.882. The van der Waals surface area contributed by atoms with Crippen molar-refractivity contribution in [3.8, 4) is 0 Å². The van der Waals surface area contributed by atoms with Gasteiger partial charge >= 0.3 is 0 Å². The molecule has 0 fully saturated rings. The maximum atomic E-state index is 4.16. The van der Waals surface area contributed by atoms with Gasteiger partial charge in [0, 0.05) is 30.4 Å². The molecule has 0 unspecified atom stereocenters. The Balaban J connectivity index is 1.83. The summed E-state index contributed by atoms with van der Waals surface area (Å²) in [7, 11) is 0. The van der Waals surface area contributed by atoms with Crippen molar-refractivity contribution in [1.29, 1.82) is 0 Å². The quantitative estimate of drug-likeness (QED) is 0.853. The highest BCUT2D eigenvalue weighted by atomic mass is 32.1. The van der Waals surface area contributed by atoms with Crippen LogP contribution in [0.25, 0.3) is 0 Å². The summed E-state index contributed by atoms with van der Waals surface area (Å²) >= 11 is 1.78. The number of nitrogens with one attached hydrogen (secondary N) is 1. The molecule has 2 aromatic heterocycles. The molecule has 0 atom stereocenters. The molecular formula is C12H14N2S. The van der Waals surface area contributed by atoms with Gasteiger partial charge in [0.1, 0.15) is 0 Å². The van der Waals surface area contributed by atoms with Crippen molar-refractivity contribution in [3.63, 3.8) is 0 Å². The van der Waals surface area contributed by atoms with Gasteiger partial charge in [-0.1, -0.05) is 12.1 Å². The van der Waals surface area contributed by atoms with Gasteiger partial charge in [0.2, 0.25) is 0 Å². The first-order valence-electron chi connectivity index (χ1n) is 4.98. The summed E-state index contributed by atoms with van der Waals surface area (Å²) in [6.45, 7) is 3.88. The highest BCUT2D eigenvalue weighted by Crippen LogP contribution is 2.08. The van der Waals surface area contributed by atoms with Crippen LogP contribution in [0, 0.1) is 6.92 Å². The zero-order valence-corrected chi connectivity index (χ0v) is 9.55. The molecule has 0 spiro atoms. The minimum absolute atomic E-state index is 0.882. The molecule has 1 N–H and O–H groups in total. The lowest BCUT2D eigenvalue weighted by Crippen LogP contribution is -2.11. The molecule has 2 rings (SSSR count). The maximum absolute atomic E-state index is 4.16. The lowest BCUT2D eigenvalue weighted by atomic mass is 10.2. The topological polar surface area (TPSA) is 24.9 Å². The number of aryl methyl sites for hydroxylation is 1. The van der Waals surface area contributed by atoms with Crippen LogP contribution in [0.5, 0.6) is 0 Å². The van der Waals surface area contributed by atoms with Gasteiger partial charge in [0.05, 0.1) is 0 Å². The summed E-state index contributed by atoms with van der Waals surface area (Å²) in [6, 6.07) is 6.39. The van der Waals surface area contributed by atoms with Gasteiger partial charge in [-0.2, -0.15) is 0 Å². The van der Waals surface area contributed by atoms with Crippen LogP contribution in [-0.4, -0.2) is 4.98 Å². The van der Waals surface area contributed by atoms with Crippen LogP contribution in [0.4, 0.5) is 0 Å². The average Bonchev–Trinajstić information content (AvgIpc) is 2.71. The zero-order valence-electron chi connectivity index (χ0n) is 8.73. The number of aromatic nitrogens is 1. The molecule has 3 heteroatoms. The normalized spacial score (nSPS) is 10.5. The molecule has 0 saturated heterocycles. The molecule has 2 nitrogen and oxygen atoms in total. The van der Waals surface area contributed by atoms with Crippen LogP contribution in [-0.2, 0) is 13.1 Å². The van der Waals surface area contributed by atoms with Crippen molar-refractivity contribution in [2.45, 2.75) is 20.0 Å². The van der Waals surface area contributed by atoms with E-state index in [1.807, 2.05) is 12.4 Å². The van der Waals surface area contributed by atoms with E-state index >= 15 is 0 Å². The summed E-state index contributed by atoms with van der Waals surface area (Å²) in [4.78, 5) is 5.53. The van der Waals surface area contributed by atoms with Gasteiger partial charge in [-0.05, 0) is 29.5 Å². The number of hydrogen-bond acceptors (Lipinski definition) is 3. The summed E-state index contributed by atoms with van der Waals surface area (Å²) < 4.78 is 0. The lowest BCUT2D eigenvalue weighted by Gasteiger charge is -2.03. The summed E-state index contributed by atoms with van der Waals surface area (Å²) in [6.07, 6.45) is 3.79. The predicted molar refractivity (Wildman–Crippen MR) is 63.8 cm³/mol. The van der Waals surface area contributed by atoms with Crippen LogP contribution in [0.1, 0.15) is 16.0 Å². The zero-order chi connectivity index (χ0) is 10.5. The van der Waals surface area contributed by atoms with Gasteiger partial charge in [-0.3, -0.25) is 4.98 Å². The second kappa shape index (κ2) is 5.05. The van der Waals surface area contributed by atoms with Gasteiger partial charge in [-0.25, -0.2) is 0 Å². The van der Waals surface area contributed by atoms with Gasteiger partial charge in [-0.15, -0.1) is 11.3 Å². The van der Waals surface area contributed by atoms with Gasteiger partial charge in [0.25, 0.3) is 0 Å². The summed E-state index contributed by atoms with van der Waals surface area (Å²) in [5, 5.41) is 5.50. The van der Waals surface area contributed by atoms with Crippen molar-refractivity contribution >= 4 is 11.3 Å². The van der Waals surface area contributed by atoms with Crippen molar-refractivity contribution in [3.05, 3.63) is 52.0 Å². The first kappa shape index (κ1) is 10.3. The molecule has 0 radical (unpaired) electrons. The molecule has 2 aromatic rings. The molecule has 78 valence electrons. The third kappa shape index (κ3) is 3.15. The molecule has 2 heterocycles. The van der Waals surface area contributed by atoms with Crippen molar-refractivity contribution in [2.24, 2.45) is 0 Å². The Morgan fingerprint density at radius 3 is 3.00 bits per heavy atom. The van der Waals surface area contributed by atoms with Gasteiger partial charge < -0.3 is 5.32 Å². The molecule has 0 bridgehead atoms. The van der Waals surface area contributed by atoms with Crippen LogP contribution in [0.2, 0.25) is 0 Å². The largest absolute Gasteiger partial charge is 0.308 e. The second-order valence-electron chi connectivity index (χ2n) is 3.55. The molecule has 0 aliphatic carbocycles. The predicted octanol–water partition coefficient (Wildman–Crippen LogP) is 2.74. The molecule has 0 aliphatic heterocycles. The van der Waals surface area contributed by atoms with Crippen molar-refractivity contribution in [2.75, 3.05) is 0 Å².